The summed E-state index contributed by atoms with van der Waals surface area (Å²) in [6, 6.07) is 4.43. The van der Waals surface area contributed by atoms with Gasteiger partial charge in [-0.2, -0.15) is 0 Å². The van der Waals surface area contributed by atoms with Gasteiger partial charge in [-0.1, -0.05) is 12.1 Å². The summed E-state index contributed by atoms with van der Waals surface area (Å²) in [6.07, 6.45) is -2.97. The quantitative estimate of drug-likeness (QED) is 0.662. The third kappa shape index (κ3) is 5.23. The molecular weight excluding hydrogens is 299 g/mol. The molecule has 2 nitrogen and oxygen atoms in total. The molecule has 0 fully saturated rings. The minimum Gasteiger partial charge on any atom is -0.405 e. The number of ether oxygens (including phenoxy) is 1. The summed E-state index contributed by atoms with van der Waals surface area (Å²) in [7, 11) is 0. The Labute approximate surface area is 106 Å². The van der Waals surface area contributed by atoms with Crippen LogP contribution in [0.3, 0.4) is 0 Å². The van der Waals surface area contributed by atoms with Crippen molar-refractivity contribution in [1.82, 2.24) is 5.32 Å². The number of halogens is 4. The van der Waals surface area contributed by atoms with Gasteiger partial charge >= 0.3 is 6.36 Å². The molecule has 0 spiro atoms. The summed E-state index contributed by atoms with van der Waals surface area (Å²) in [6.45, 7) is 4.74. The van der Waals surface area contributed by atoms with Gasteiger partial charge in [-0.3, -0.25) is 0 Å². The van der Waals surface area contributed by atoms with Crippen molar-refractivity contribution in [3.63, 3.8) is 0 Å². The van der Waals surface area contributed by atoms with Crippen molar-refractivity contribution in [3.05, 3.63) is 40.9 Å². The highest BCUT2D eigenvalue weighted by Gasteiger charge is 2.31. The Morgan fingerprint density at radius 1 is 1.41 bits per heavy atom. The maximum absolute atomic E-state index is 12.0. The highest BCUT2D eigenvalue weighted by molar-refractivity contribution is 9.10. The van der Waals surface area contributed by atoms with Crippen molar-refractivity contribution in [2.24, 2.45) is 0 Å². The Hall–Kier alpha value is -1.01. The van der Waals surface area contributed by atoms with E-state index in [9.17, 15) is 13.2 Å². The number of nitrogens with one attached hydrogen (secondary N) is 1. The lowest BCUT2D eigenvalue weighted by Crippen LogP contribution is -2.17. The zero-order chi connectivity index (χ0) is 12.9. The van der Waals surface area contributed by atoms with E-state index in [1.54, 1.807) is 18.2 Å². The first-order valence-corrected chi connectivity index (χ1v) is 5.57. The molecule has 6 heteroatoms. The largest absolute Gasteiger partial charge is 0.573 e. The number of rotatable bonds is 5. The summed E-state index contributed by atoms with van der Waals surface area (Å²) < 4.78 is 40.1. The number of alkyl halides is 3. The monoisotopic (exact) mass is 309 g/mol. The maximum atomic E-state index is 12.0. The van der Waals surface area contributed by atoms with Crippen molar-refractivity contribution >= 4 is 15.9 Å². The van der Waals surface area contributed by atoms with E-state index in [4.69, 9.17) is 0 Å². The topological polar surface area (TPSA) is 21.3 Å². The summed E-state index contributed by atoms with van der Waals surface area (Å²) in [5, 5.41) is 3.04. The van der Waals surface area contributed by atoms with E-state index in [0.717, 1.165) is 5.56 Å². The molecule has 1 aromatic carbocycles. The van der Waals surface area contributed by atoms with Crippen LogP contribution >= 0.6 is 15.9 Å². The minimum atomic E-state index is -4.68. The first kappa shape index (κ1) is 14.1. The smallest absolute Gasteiger partial charge is 0.405 e. The summed E-state index contributed by atoms with van der Waals surface area (Å²) in [5.74, 6) is -0.245. The third-order valence-electron chi connectivity index (χ3n) is 1.84. The molecule has 0 aliphatic heterocycles. The van der Waals surface area contributed by atoms with Crippen LogP contribution in [0.4, 0.5) is 13.2 Å². The molecule has 1 aromatic rings. The molecule has 1 rings (SSSR count). The van der Waals surface area contributed by atoms with Crippen molar-refractivity contribution in [2.45, 2.75) is 12.9 Å². The van der Waals surface area contributed by atoms with Crippen LogP contribution < -0.4 is 10.1 Å². The van der Waals surface area contributed by atoms with Gasteiger partial charge in [-0.05, 0) is 33.6 Å². The second kappa shape index (κ2) is 6.07. The molecule has 94 valence electrons. The Morgan fingerprint density at radius 2 is 2.12 bits per heavy atom. The van der Waals surface area contributed by atoms with Gasteiger partial charge in [-0.15, -0.1) is 19.8 Å². The van der Waals surface area contributed by atoms with Crippen molar-refractivity contribution < 1.29 is 17.9 Å². The number of hydrogen-bond acceptors (Lipinski definition) is 2. The molecule has 0 aromatic heterocycles. The molecule has 0 saturated heterocycles. The lowest BCUT2D eigenvalue weighted by Gasteiger charge is -2.11. The summed E-state index contributed by atoms with van der Waals surface area (Å²) >= 11 is 3.04. The molecule has 0 heterocycles. The zero-order valence-electron chi connectivity index (χ0n) is 8.85. The lowest BCUT2D eigenvalue weighted by atomic mass is 10.2. The molecule has 0 aliphatic carbocycles. The molecule has 17 heavy (non-hydrogen) atoms. The van der Waals surface area contributed by atoms with Crippen LogP contribution in [0.15, 0.2) is 35.3 Å². The van der Waals surface area contributed by atoms with Gasteiger partial charge in [0.15, 0.2) is 0 Å². The van der Waals surface area contributed by atoms with E-state index in [1.165, 1.54) is 6.07 Å². The Balaban J connectivity index is 2.69. The predicted molar refractivity (Wildman–Crippen MR) is 62.7 cm³/mol. The fourth-order valence-corrected chi connectivity index (χ4v) is 1.69. The first-order chi connectivity index (χ1) is 7.92. The van der Waals surface area contributed by atoms with Crippen molar-refractivity contribution in [2.75, 3.05) is 6.54 Å². The van der Waals surface area contributed by atoms with E-state index in [2.05, 4.69) is 32.6 Å². The van der Waals surface area contributed by atoms with E-state index < -0.39 is 6.36 Å². The molecule has 0 bridgehead atoms. The van der Waals surface area contributed by atoms with Gasteiger partial charge in [0.2, 0.25) is 0 Å². The van der Waals surface area contributed by atoms with Crippen molar-refractivity contribution in [3.8, 4) is 5.75 Å². The number of hydrogen-bond donors (Lipinski definition) is 1. The molecule has 0 amide bonds. The first-order valence-electron chi connectivity index (χ1n) is 4.78. The van der Waals surface area contributed by atoms with Gasteiger partial charge in [-0.25, -0.2) is 0 Å². The molecule has 0 radical (unpaired) electrons. The predicted octanol–water partition coefficient (Wildman–Crippen LogP) is 3.62. The zero-order valence-corrected chi connectivity index (χ0v) is 10.4. The van der Waals surface area contributed by atoms with E-state index >= 15 is 0 Å². The molecule has 0 unspecified atom stereocenters. The van der Waals surface area contributed by atoms with Gasteiger partial charge in [0.1, 0.15) is 5.75 Å². The van der Waals surface area contributed by atoms with Gasteiger partial charge in [0.25, 0.3) is 0 Å². The molecule has 0 saturated carbocycles. The summed E-state index contributed by atoms with van der Waals surface area (Å²) in [4.78, 5) is 0. The van der Waals surface area contributed by atoms with Gasteiger partial charge in [0, 0.05) is 13.1 Å². The van der Waals surface area contributed by atoms with Crippen LogP contribution in [0.25, 0.3) is 0 Å². The summed E-state index contributed by atoms with van der Waals surface area (Å²) in [5.41, 5.74) is 0.855. The fourth-order valence-electron chi connectivity index (χ4n) is 1.18. The van der Waals surface area contributed by atoms with E-state index in [-0.39, 0.29) is 10.2 Å². The van der Waals surface area contributed by atoms with Crippen molar-refractivity contribution in [1.29, 1.82) is 0 Å². The van der Waals surface area contributed by atoms with E-state index in [0.29, 0.717) is 13.1 Å². The van der Waals surface area contributed by atoms with Gasteiger partial charge in [0.05, 0.1) is 4.47 Å². The Bertz CT molecular complexity index is 393. The SMILES string of the molecule is C=CCNCc1ccc(OC(F)(F)F)c(Br)c1. The van der Waals surface area contributed by atoms with Crippen LogP contribution in [0, 0.1) is 0 Å². The Morgan fingerprint density at radius 3 is 2.65 bits per heavy atom. The van der Waals surface area contributed by atoms with Crippen LogP contribution in [-0.4, -0.2) is 12.9 Å². The van der Waals surface area contributed by atoms with Crippen LogP contribution in [-0.2, 0) is 6.54 Å². The third-order valence-corrected chi connectivity index (χ3v) is 2.46. The van der Waals surface area contributed by atoms with Crippen LogP contribution in [0.1, 0.15) is 5.56 Å². The number of benzene rings is 1. The van der Waals surface area contributed by atoms with E-state index in [1.807, 2.05) is 0 Å². The molecule has 0 atom stereocenters. The lowest BCUT2D eigenvalue weighted by molar-refractivity contribution is -0.274. The minimum absolute atomic E-state index is 0.245. The highest BCUT2D eigenvalue weighted by Crippen LogP contribution is 2.30. The maximum Gasteiger partial charge on any atom is 0.573 e. The Kier molecular flexibility index (Phi) is 5.02. The standard InChI is InChI=1S/C11H11BrF3NO/c1-2-5-16-7-8-3-4-10(9(12)6-8)17-11(13,14)15/h2-4,6,16H,1,5,7H2. The highest BCUT2D eigenvalue weighted by atomic mass is 79.9. The van der Waals surface area contributed by atoms with Crippen LogP contribution in [0.5, 0.6) is 5.75 Å². The molecule has 0 aliphatic rings. The average molecular weight is 310 g/mol. The fraction of sp³-hybridized carbons (Fsp3) is 0.273. The van der Waals surface area contributed by atoms with Crippen LogP contribution in [0.2, 0.25) is 0 Å². The van der Waals surface area contributed by atoms with Gasteiger partial charge < -0.3 is 10.1 Å². The molecular formula is C11H11BrF3NO. The second-order valence-electron chi connectivity index (χ2n) is 3.23. The average Bonchev–Trinajstić information content (AvgIpc) is 2.21. The second-order valence-corrected chi connectivity index (χ2v) is 4.09. The molecule has 1 N–H and O–H groups in total. The normalized spacial score (nSPS) is 11.3.